The predicted octanol–water partition coefficient (Wildman–Crippen LogP) is 6.19. The van der Waals surface area contributed by atoms with Crippen molar-refractivity contribution in [2.75, 3.05) is 13.6 Å². The van der Waals surface area contributed by atoms with E-state index in [4.69, 9.17) is 32.9 Å². The van der Waals surface area contributed by atoms with E-state index in [9.17, 15) is 0 Å². The first-order chi connectivity index (χ1) is 14.1. The van der Waals surface area contributed by atoms with E-state index >= 15 is 0 Å². The fraction of sp³-hybridized carbons (Fsp3) is 0.435. The highest BCUT2D eigenvalue weighted by Gasteiger charge is 2.19. The Hall–Kier alpha value is -1.75. The van der Waals surface area contributed by atoms with Crippen molar-refractivity contribution in [3.8, 4) is 5.75 Å². The number of piperidine rings is 1. The van der Waals surface area contributed by atoms with Gasteiger partial charge in [-0.2, -0.15) is 0 Å². The molecule has 0 spiro atoms. The quantitative estimate of drug-likeness (QED) is 0.446. The highest BCUT2D eigenvalue weighted by atomic mass is 35.5. The molecule has 4 nitrogen and oxygen atoms in total. The fourth-order valence-corrected chi connectivity index (χ4v) is 4.68. The molecule has 3 aromatic rings. The third-order valence-electron chi connectivity index (χ3n) is 5.82. The first kappa shape index (κ1) is 20.5. The van der Waals surface area contributed by atoms with E-state index < -0.39 is 0 Å². The molecular formula is C23H27Cl2N3O. The monoisotopic (exact) mass is 431 g/mol. The maximum absolute atomic E-state index is 6.26. The summed E-state index contributed by atoms with van der Waals surface area (Å²) in [4.78, 5) is 7.33. The standard InChI is InChI=1S/C23H27Cl2N3O/c1-27-13-5-4-7-18(27)8-6-14-28-21-10-3-2-9-20(21)26-23(28)16-29-22-12-11-17(24)15-19(22)25/h2-3,9-12,15,18H,4-8,13-14,16H2,1H3. The largest absolute Gasteiger partial charge is 0.484 e. The molecule has 0 N–H and O–H groups in total. The molecule has 1 unspecified atom stereocenters. The van der Waals surface area contributed by atoms with Gasteiger partial charge in [-0.25, -0.2) is 4.98 Å². The molecule has 0 amide bonds. The summed E-state index contributed by atoms with van der Waals surface area (Å²) >= 11 is 12.2. The maximum Gasteiger partial charge on any atom is 0.147 e. The van der Waals surface area contributed by atoms with E-state index in [0.29, 0.717) is 28.4 Å². The highest BCUT2D eigenvalue weighted by molar-refractivity contribution is 6.35. The molecule has 6 heteroatoms. The van der Waals surface area contributed by atoms with Crippen molar-refractivity contribution >= 4 is 34.2 Å². The maximum atomic E-state index is 6.26. The summed E-state index contributed by atoms with van der Waals surface area (Å²) in [5.74, 6) is 1.55. The summed E-state index contributed by atoms with van der Waals surface area (Å²) in [5.41, 5.74) is 2.16. The van der Waals surface area contributed by atoms with E-state index in [0.717, 1.165) is 29.8 Å². The van der Waals surface area contributed by atoms with Gasteiger partial charge in [0, 0.05) is 17.6 Å². The summed E-state index contributed by atoms with van der Waals surface area (Å²) in [6, 6.07) is 14.3. The lowest BCUT2D eigenvalue weighted by Gasteiger charge is -2.32. The third kappa shape index (κ3) is 4.88. The average molecular weight is 432 g/mol. The van der Waals surface area contributed by atoms with E-state index in [1.165, 1.54) is 32.2 Å². The van der Waals surface area contributed by atoms with E-state index in [1.807, 2.05) is 6.07 Å². The van der Waals surface area contributed by atoms with Gasteiger partial charge < -0.3 is 14.2 Å². The van der Waals surface area contributed by atoms with Crippen molar-refractivity contribution in [1.29, 1.82) is 0 Å². The number of hydrogen-bond donors (Lipinski definition) is 0. The second kappa shape index (κ2) is 9.38. The highest BCUT2D eigenvalue weighted by Crippen LogP contribution is 2.29. The van der Waals surface area contributed by atoms with Gasteiger partial charge in [0.05, 0.1) is 16.1 Å². The minimum Gasteiger partial charge on any atom is -0.484 e. The predicted molar refractivity (Wildman–Crippen MR) is 120 cm³/mol. The van der Waals surface area contributed by atoms with Crippen LogP contribution in [0, 0.1) is 0 Å². The number of aryl methyl sites for hydroxylation is 1. The molecule has 1 aliphatic heterocycles. The molecule has 2 heterocycles. The number of nitrogens with zero attached hydrogens (tertiary/aromatic N) is 3. The van der Waals surface area contributed by atoms with Crippen LogP contribution >= 0.6 is 23.2 Å². The molecule has 1 saturated heterocycles. The second-order valence-electron chi connectivity index (χ2n) is 7.80. The van der Waals surface area contributed by atoms with E-state index in [2.05, 4.69) is 34.7 Å². The van der Waals surface area contributed by atoms with Gasteiger partial charge in [0.25, 0.3) is 0 Å². The number of benzene rings is 2. The van der Waals surface area contributed by atoms with Crippen LogP contribution < -0.4 is 4.74 Å². The Kier molecular flexibility index (Phi) is 6.63. The lowest BCUT2D eigenvalue weighted by atomic mass is 9.99. The molecule has 29 heavy (non-hydrogen) atoms. The Balaban J connectivity index is 1.48. The van der Waals surface area contributed by atoms with Crippen LogP contribution in [0.3, 0.4) is 0 Å². The van der Waals surface area contributed by atoms with Crippen LogP contribution in [0.1, 0.15) is 37.9 Å². The van der Waals surface area contributed by atoms with Crippen LogP contribution in [0.25, 0.3) is 11.0 Å². The molecule has 2 aromatic carbocycles. The van der Waals surface area contributed by atoms with Gasteiger partial charge in [0.15, 0.2) is 0 Å². The van der Waals surface area contributed by atoms with E-state index in [1.54, 1.807) is 18.2 Å². The number of fused-ring (bicyclic) bond motifs is 1. The molecular weight excluding hydrogens is 405 g/mol. The molecule has 0 aliphatic carbocycles. The number of aromatic nitrogens is 2. The van der Waals surface area contributed by atoms with Crippen molar-refractivity contribution in [3.05, 3.63) is 58.3 Å². The van der Waals surface area contributed by atoms with E-state index in [-0.39, 0.29) is 0 Å². The zero-order valence-electron chi connectivity index (χ0n) is 16.8. The lowest BCUT2D eigenvalue weighted by molar-refractivity contribution is 0.172. The van der Waals surface area contributed by atoms with Gasteiger partial charge in [-0.3, -0.25) is 0 Å². The second-order valence-corrected chi connectivity index (χ2v) is 8.65. The summed E-state index contributed by atoms with van der Waals surface area (Å²) in [7, 11) is 2.26. The normalized spacial score (nSPS) is 17.7. The van der Waals surface area contributed by atoms with Gasteiger partial charge in [-0.05, 0) is 69.6 Å². The topological polar surface area (TPSA) is 30.3 Å². The van der Waals surface area contributed by atoms with Gasteiger partial charge in [0.2, 0.25) is 0 Å². The van der Waals surface area contributed by atoms with Crippen molar-refractivity contribution in [2.45, 2.75) is 51.3 Å². The first-order valence-corrected chi connectivity index (χ1v) is 11.1. The van der Waals surface area contributed by atoms with Crippen molar-refractivity contribution in [3.63, 3.8) is 0 Å². The Labute approximate surface area is 182 Å². The number of rotatable bonds is 7. The SMILES string of the molecule is CN1CCCCC1CCCn1c(COc2ccc(Cl)cc2Cl)nc2ccccc21. The minimum absolute atomic E-state index is 0.374. The third-order valence-corrected chi connectivity index (χ3v) is 6.36. The van der Waals surface area contributed by atoms with Crippen LogP contribution in [-0.2, 0) is 13.2 Å². The molecule has 1 aliphatic rings. The minimum atomic E-state index is 0.374. The van der Waals surface area contributed by atoms with Crippen molar-refractivity contribution in [2.24, 2.45) is 0 Å². The van der Waals surface area contributed by atoms with Crippen LogP contribution in [-0.4, -0.2) is 34.1 Å². The van der Waals surface area contributed by atoms with Crippen LogP contribution in [0.2, 0.25) is 10.0 Å². The zero-order chi connectivity index (χ0) is 20.2. The Morgan fingerprint density at radius 3 is 2.83 bits per heavy atom. The molecule has 0 radical (unpaired) electrons. The first-order valence-electron chi connectivity index (χ1n) is 10.3. The lowest BCUT2D eigenvalue weighted by Crippen LogP contribution is -2.36. The molecule has 1 atom stereocenters. The number of para-hydroxylation sites is 2. The van der Waals surface area contributed by atoms with Crippen molar-refractivity contribution in [1.82, 2.24) is 14.5 Å². The van der Waals surface area contributed by atoms with Crippen LogP contribution in [0.5, 0.6) is 5.75 Å². The molecule has 154 valence electrons. The molecule has 1 fully saturated rings. The number of imidazole rings is 1. The van der Waals surface area contributed by atoms with Gasteiger partial charge >= 0.3 is 0 Å². The number of halogens is 2. The Morgan fingerprint density at radius 1 is 1.14 bits per heavy atom. The summed E-state index contributed by atoms with van der Waals surface area (Å²) in [6.45, 7) is 2.54. The van der Waals surface area contributed by atoms with Crippen molar-refractivity contribution < 1.29 is 4.74 Å². The Morgan fingerprint density at radius 2 is 2.00 bits per heavy atom. The summed E-state index contributed by atoms with van der Waals surface area (Å²) < 4.78 is 8.27. The van der Waals surface area contributed by atoms with Gasteiger partial charge in [-0.1, -0.05) is 41.8 Å². The zero-order valence-corrected chi connectivity index (χ0v) is 18.3. The average Bonchev–Trinajstić information content (AvgIpc) is 3.06. The molecule has 0 saturated carbocycles. The number of hydrogen-bond acceptors (Lipinski definition) is 3. The fourth-order valence-electron chi connectivity index (χ4n) is 4.21. The number of ether oxygens (including phenoxy) is 1. The van der Waals surface area contributed by atoms with Crippen LogP contribution in [0.15, 0.2) is 42.5 Å². The molecule has 4 rings (SSSR count). The summed E-state index contributed by atoms with van der Waals surface area (Å²) in [6.07, 6.45) is 6.33. The summed E-state index contributed by atoms with van der Waals surface area (Å²) in [5, 5.41) is 1.11. The Bertz CT molecular complexity index is 972. The van der Waals surface area contributed by atoms with Gasteiger partial charge in [0.1, 0.15) is 18.2 Å². The number of likely N-dealkylation sites (tertiary alicyclic amines) is 1. The molecule has 0 bridgehead atoms. The van der Waals surface area contributed by atoms with Crippen LogP contribution in [0.4, 0.5) is 0 Å². The molecule has 1 aromatic heterocycles. The van der Waals surface area contributed by atoms with Gasteiger partial charge in [-0.15, -0.1) is 0 Å². The smallest absolute Gasteiger partial charge is 0.147 e.